The van der Waals surface area contributed by atoms with Crippen molar-refractivity contribution < 1.29 is 17.9 Å². The Kier molecular flexibility index (Phi) is 3.32. The topological polar surface area (TPSA) is 53.1 Å². The molecule has 0 unspecified atom stereocenters. The average molecular weight is 299 g/mol. The van der Waals surface area contributed by atoms with Gasteiger partial charge in [0.1, 0.15) is 11.6 Å². The van der Waals surface area contributed by atoms with Crippen LogP contribution in [0.1, 0.15) is 31.1 Å². The Hall–Kier alpha value is -1.76. The third-order valence-electron chi connectivity index (χ3n) is 3.74. The zero-order chi connectivity index (χ0) is 15.2. The second kappa shape index (κ2) is 4.91. The third-order valence-corrected chi connectivity index (χ3v) is 3.74. The molecule has 1 atom stereocenters. The molecule has 2 N–H and O–H groups in total. The van der Waals surface area contributed by atoms with Crippen molar-refractivity contribution in [3.63, 3.8) is 0 Å². The van der Waals surface area contributed by atoms with Crippen molar-refractivity contribution in [2.24, 2.45) is 18.7 Å². The SMILES string of the molecule is Cn1c([C@@H](N)CC2CC2)nc2cc(OC(F)(F)F)ccc21. The van der Waals surface area contributed by atoms with Gasteiger partial charge in [-0.05, 0) is 24.5 Å². The van der Waals surface area contributed by atoms with Gasteiger partial charge in [0.25, 0.3) is 0 Å². The summed E-state index contributed by atoms with van der Waals surface area (Å²) >= 11 is 0. The molecule has 3 rings (SSSR count). The van der Waals surface area contributed by atoms with E-state index in [1.807, 2.05) is 11.6 Å². The molecular formula is C14H16F3N3O. The molecule has 0 aliphatic heterocycles. The van der Waals surface area contributed by atoms with Gasteiger partial charge in [0.05, 0.1) is 17.1 Å². The van der Waals surface area contributed by atoms with E-state index in [9.17, 15) is 13.2 Å². The lowest BCUT2D eigenvalue weighted by atomic mass is 10.1. The number of rotatable bonds is 4. The first kappa shape index (κ1) is 14.2. The largest absolute Gasteiger partial charge is 0.573 e. The molecule has 1 aromatic carbocycles. The van der Waals surface area contributed by atoms with Crippen LogP contribution in [-0.2, 0) is 7.05 Å². The number of halogens is 3. The number of hydrogen-bond acceptors (Lipinski definition) is 3. The lowest BCUT2D eigenvalue weighted by Crippen LogP contribution is -2.16. The predicted octanol–water partition coefficient (Wildman–Crippen LogP) is 3.27. The maximum Gasteiger partial charge on any atom is 0.573 e. The highest BCUT2D eigenvalue weighted by molar-refractivity contribution is 5.77. The molecule has 7 heteroatoms. The fourth-order valence-corrected chi connectivity index (χ4v) is 2.55. The molecule has 114 valence electrons. The van der Waals surface area contributed by atoms with Gasteiger partial charge in [-0.15, -0.1) is 13.2 Å². The Morgan fingerprint density at radius 1 is 1.43 bits per heavy atom. The predicted molar refractivity (Wildman–Crippen MR) is 71.7 cm³/mol. The third kappa shape index (κ3) is 3.12. The fourth-order valence-electron chi connectivity index (χ4n) is 2.55. The van der Waals surface area contributed by atoms with Crippen LogP contribution >= 0.6 is 0 Å². The highest BCUT2D eigenvalue weighted by atomic mass is 19.4. The first-order valence-corrected chi connectivity index (χ1v) is 6.81. The Bertz CT molecular complexity index is 661. The molecule has 0 amide bonds. The van der Waals surface area contributed by atoms with Crippen LogP contribution in [0.15, 0.2) is 18.2 Å². The Labute approximate surface area is 119 Å². The van der Waals surface area contributed by atoms with Gasteiger partial charge in [-0.2, -0.15) is 0 Å². The van der Waals surface area contributed by atoms with Crippen LogP contribution in [0.3, 0.4) is 0 Å². The Morgan fingerprint density at radius 3 is 2.76 bits per heavy atom. The number of aryl methyl sites for hydroxylation is 1. The van der Waals surface area contributed by atoms with Gasteiger partial charge in [0.2, 0.25) is 0 Å². The van der Waals surface area contributed by atoms with E-state index in [1.165, 1.54) is 25.0 Å². The van der Waals surface area contributed by atoms with Crippen molar-refractivity contribution in [1.82, 2.24) is 9.55 Å². The molecular weight excluding hydrogens is 283 g/mol. The van der Waals surface area contributed by atoms with E-state index >= 15 is 0 Å². The number of nitrogens with zero attached hydrogens (tertiary/aromatic N) is 2. The van der Waals surface area contributed by atoms with Crippen molar-refractivity contribution in [3.05, 3.63) is 24.0 Å². The van der Waals surface area contributed by atoms with Crippen LogP contribution in [0.4, 0.5) is 13.2 Å². The second-order valence-electron chi connectivity index (χ2n) is 5.51. The van der Waals surface area contributed by atoms with Crippen LogP contribution in [0.2, 0.25) is 0 Å². The number of benzene rings is 1. The molecule has 1 aliphatic rings. The van der Waals surface area contributed by atoms with Crippen molar-refractivity contribution in [2.45, 2.75) is 31.7 Å². The summed E-state index contributed by atoms with van der Waals surface area (Å²) < 4.78 is 42.5. The number of fused-ring (bicyclic) bond motifs is 1. The Balaban J connectivity index is 1.91. The minimum absolute atomic E-state index is 0.193. The first-order valence-electron chi connectivity index (χ1n) is 6.81. The van der Waals surface area contributed by atoms with Gasteiger partial charge in [-0.1, -0.05) is 12.8 Å². The van der Waals surface area contributed by atoms with Crippen LogP contribution in [-0.4, -0.2) is 15.9 Å². The van der Waals surface area contributed by atoms with Gasteiger partial charge in [0.15, 0.2) is 0 Å². The molecule has 0 radical (unpaired) electrons. The van der Waals surface area contributed by atoms with Crippen LogP contribution in [0.25, 0.3) is 11.0 Å². The van der Waals surface area contributed by atoms with Gasteiger partial charge in [-0.3, -0.25) is 0 Å². The number of alkyl halides is 3. The minimum atomic E-state index is -4.70. The number of imidazole rings is 1. The van der Waals surface area contributed by atoms with Crippen LogP contribution in [0, 0.1) is 5.92 Å². The van der Waals surface area contributed by atoms with Crippen molar-refractivity contribution in [2.75, 3.05) is 0 Å². The number of nitrogens with two attached hydrogens (primary N) is 1. The molecule has 1 heterocycles. The van der Waals surface area contributed by atoms with E-state index in [0.29, 0.717) is 17.3 Å². The molecule has 1 saturated carbocycles. The van der Waals surface area contributed by atoms with Gasteiger partial charge >= 0.3 is 6.36 Å². The average Bonchev–Trinajstić information content (AvgIpc) is 3.11. The van der Waals surface area contributed by atoms with Crippen LogP contribution in [0.5, 0.6) is 5.75 Å². The highest BCUT2D eigenvalue weighted by Crippen LogP contribution is 2.37. The molecule has 1 aliphatic carbocycles. The van der Waals surface area contributed by atoms with E-state index in [-0.39, 0.29) is 11.8 Å². The van der Waals surface area contributed by atoms with E-state index in [1.54, 1.807) is 6.07 Å². The highest BCUT2D eigenvalue weighted by Gasteiger charge is 2.31. The zero-order valence-corrected chi connectivity index (χ0v) is 11.5. The summed E-state index contributed by atoms with van der Waals surface area (Å²) in [6.45, 7) is 0. The minimum Gasteiger partial charge on any atom is -0.406 e. The number of hydrogen-bond donors (Lipinski definition) is 1. The maximum absolute atomic E-state index is 12.2. The second-order valence-corrected chi connectivity index (χ2v) is 5.51. The van der Waals surface area contributed by atoms with E-state index < -0.39 is 6.36 Å². The molecule has 0 bridgehead atoms. The summed E-state index contributed by atoms with van der Waals surface area (Å²) in [7, 11) is 1.82. The van der Waals surface area contributed by atoms with Crippen molar-refractivity contribution in [1.29, 1.82) is 0 Å². The summed E-state index contributed by atoms with van der Waals surface area (Å²) in [5, 5.41) is 0. The molecule has 0 spiro atoms. The summed E-state index contributed by atoms with van der Waals surface area (Å²) in [6, 6.07) is 3.95. The first-order chi connectivity index (χ1) is 9.83. The van der Waals surface area contributed by atoms with E-state index in [2.05, 4.69) is 9.72 Å². The standard InChI is InChI=1S/C14H16F3N3O/c1-20-12-5-4-9(21-14(15,16)17)7-11(12)19-13(20)10(18)6-8-2-3-8/h4-5,7-8,10H,2-3,6,18H2,1H3/t10-/m0/s1. The fraction of sp³-hybridized carbons (Fsp3) is 0.500. The lowest BCUT2D eigenvalue weighted by molar-refractivity contribution is -0.274. The molecule has 4 nitrogen and oxygen atoms in total. The quantitative estimate of drug-likeness (QED) is 0.942. The summed E-state index contributed by atoms with van der Waals surface area (Å²) in [5.41, 5.74) is 7.35. The van der Waals surface area contributed by atoms with Crippen molar-refractivity contribution >= 4 is 11.0 Å². The van der Waals surface area contributed by atoms with Crippen molar-refractivity contribution in [3.8, 4) is 5.75 Å². The molecule has 0 saturated heterocycles. The van der Waals surface area contributed by atoms with Gasteiger partial charge < -0.3 is 15.0 Å². The zero-order valence-electron chi connectivity index (χ0n) is 11.5. The summed E-state index contributed by atoms with van der Waals surface area (Å²) in [5.74, 6) is 1.08. The summed E-state index contributed by atoms with van der Waals surface area (Å²) in [4.78, 5) is 4.37. The normalized spacial score (nSPS) is 17.2. The molecule has 1 fully saturated rings. The molecule has 21 heavy (non-hydrogen) atoms. The van der Waals surface area contributed by atoms with E-state index in [0.717, 1.165) is 11.9 Å². The monoisotopic (exact) mass is 299 g/mol. The number of ether oxygens (including phenoxy) is 1. The van der Waals surface area contributed by atoms with Crippen LogP contribution < -0.4 is 10.5 Å². The maximum atomic E-state index is 12.2. The smallest absolute Gasteiger partial charge is 0.406 e. The van der Waals surface area contributed by atoms with Gasteiger partial charge in [-0.25, -0.2) is 4.98 Å². The Morgan fingerprint density at radius 2 is 2.14 bits per heavy atom. The van der Waals surface area contributed by atoms with Gasteiger partial charge in [0, 0.05) is 13.1 Å². The molecule has 2 aromatic rings. The summed E-state index contributed by atoms with van der Waals surface area (Å²) in [6.07, 6.45) is -1.45. The number of aromatic nitrogens is 2. The van der Waals surface area contributed by atoms with E-state index in [4.69, 9.17) is 5.73 Å². The lowest BCUT2D eigenvalue weighted by Gasteiger charge is -2.10. The molecule has 1 aromatic heterocycles.